The molecule has 0 amide bonds. The van der Waals surface area contributed by atoms with Crippen molar-refractivity contribution in [3.8, 4) is 0 Å². The summed E-state index contributed by atoms with van der Waals surface area (Å²) < 4.78 is 0. The van der Waals surface area contributed by atoms with E-state index >= 15 is 0 Å². The second-order valence-corrected chi connectivity index (χ2v) is 6.52. The molecule has 2 aliphatic heterocycles. The van der Waals surface area contributed by atoms with Crippen LogP contribution in [0.4, 0.5) is 0 Å². The lowest BCUT2D eigenvalue weighted by Gasteiger charge is -2.35. The Hall–Kier alpha value is 0.230. The lowest BCUT2D eigenvalue weighted by atomic mass is 9.95. The predicted octanol–water partition coefficient (Wildman–Crippen LogP) is 0.928. The summed E-state index contributed by atoms with van der Waals surface area (Å²) in [5.74, 6) is 2.23. The maximum atomic E-state index is 10.4. The summed E-state index contributed by atoms with van der Waals surface area (Å²) in [6, 6.07) is 0.620. The van der Waals surface area contributed by atoms with Crippen molar-refractivity contribution in [3.63, 3.8) is 0 Å². The molecule has 0 aromatic carbocycles. The Bertz CT molecular complexity index is 211. The normalized spacial score (nSPS) is 28.1. The molecule has 0 saturated carbocycles. The lowest BCUT2D eigenvalue weighted by Crippen LogP contribution is -2.49. The molecule has 0 aromatic heterocycles. The summed E-state index contributed by atoms with van der Waals surface area (Å²) in [4.78, 5) is 2.38. The molecule has 4 heteroatoms. The molecule has 2 heterocycles. The van der Waals surface area contributed by atoms with E-state index in [2.05, 4.69) is 17.3 Å². The Balaban J connectivity index is 1.70. The highest BCUT2D eigenvalue weighted by atomic mass is 32.2. The van der Waals surface area contributed by atoms with E-state index in [1.54, 1.807) is 0 Å². The van der Waals surface area contributed by atoms with Gasteiger partial charge >= 0.3 is 0 Å². The molecular formula is C12H24N2OS. The van der Waals surface area contributed by atoms with Crippen LogP contribution in [0.15, 0.2) is 0 Å². The van der Waals surface area contributed by atoms with Crippen LogP contribution >= 0.6 is 11.8 Å². The van der Waals surface area contributed by atoms with Crippen molar-refractivity contribution in [2.45, 2.75) is 37.3 Å². The van der Waals surface area contributed by atoms with Crippen molar-refractivity contribution in [3.05, 3.63) is 0 Å². The van der Waals surface area contributed by atoms with Gasteiger partial charge in [-0.25, -0.2) is 0 Å². The first-order valence-corrected chi connectivity index (χ1v) is 7.55. The molecule has 0 aromatic rings. The number of thioether (sulfide) groups is 1. The number of rotatable bonds is 3. The number of aliphatic hydroxyl groups is 1. The lowest BCUT2D eigenvalue weighted by molar-refractivity contribution is 0.0274. The van der Waals surface area contributed by atoms with Crippen molar-refractivity contribution in [1.82, 2.24) is 10.2 Å². The van der Waals surface area contributed by atoms with Crippen LogP contribution in [-0.4, -0.2) is 59.8 Å². The zero-order valence-electron chi connectivity index (χ0n) is 10.2. The maximum Gasteiger partial charge on any atom is 0.0787 e. The van der Waals surface area contributed by atoms with Crippen LogP contribution in [0.2, 0.25) is 0 Å². The first kappa shape index (κ1) is 12.7. The van der Waals surface area contributed by atoms with Crippen LogP contribution in [0.5, 0.6) is 0 Å². The topological polar surface area (TPSA) is 35.5 Å². The quantitative estimate of drug-likeness (QED) is 0.774. The standard InChI is InChI=1S/C12H24N2OS/c1-14-6-2-11(3-7-14)13-10-12(15)4-8-16-9-5-12/h11,13,15H,2-10H2,1H3. The SMILES string of the molecule is CN1CCC(NCC2(O)CCSCC2)CC1. The summed E-state index contributed by atoms with van der Waals surface area (Å²) >= 11 is 1.96. The summed E-state index contributed by atoms with van der Waals surface area (Å²) in [5.41, 5.74) is -0.422. The zero-order chi connectivity index (χ0) is 11.4. The average molecular weight is 244 g/mol. The molecule has 0 aliphatic carbocycles. The van der Waals surface area contributed by atoms with Gasteiger partial charge in [-0.05, 0) is 57.3 Å². The van der Waals surface area contributed by atoms with Crippen LogP contribution < -0.4 is 5.32 Å². The highest BCUT2D eigenvalue weighted by Crippen LogP contribution is 2.26. The predicted molar refractivity (Wildman–Crippen MR) is 70.0 cm³/mol. The molecule has 2 aliphatic rings. The van der Waals surface area contributed by atoms with E-state index in [1.165, 1.54) is 25.9 Å². The number of hydrogen-bond acceptors (Lipinski definition) is 4. The molecule has 0 bridgehead atoms. The molecule has 0 unspecified atom stereocenters. The first-order valence-electron chi connectivity index (χ1n) is 6.40. The second-order valence-electron chi connectivity index (χ2n) is 5.30. The third-order valence-electron chi connectivity index (χ3n) is 3.86. The highest BCUT2D eigenvalue weighted by molar-refractivity contribution is 7.99. The van der Waals surface area contributed by atoms with E-state index in [4.69, 9.17) is 0 Å². The van der Waals surface area contributed by atoms with Gasteiger partial charge in [0.15, 0.2) is 0 Å². The number of nitrogens with one attached hydrogen (secondary N) is 1. The summed E-state index contributed by atoms with van der Waals surface area (Å²) in [6.07, 6.45) is 4.36. The molecular weight excluding hydrogens is 220 g/mol. The van der Waals surface area contributed by atoms with Gasteiger partial charge in [-0.1, -0.05) is 0 Å². The van der Waals surface area contributed by atoms with E-state index in [1.807, 2.05) is 11.8 Å². The van der Waals surface area contributed by atoms with E-state index in [-0.39, 0.29) is 0 Å². The van der Waals surface area contributed by atoms with E-state index < -0.39 is 5.60 Å². The molecule has 2 saturated heterocycles. The Morgan fingerprint density at radius 2 is 1.94 bits per heavy atom. The van der Waals surface area contributed by atoms with E-state index in [0.29, 0.717) is 6.04 Å². The zero-order valence-corrected chi connectivity index (χ0v) is 11.1. The minimum atomic E-state index is -0.422. The van der Waals surface area contributed by atoms with Gasteiger partial charge in [-0.2, -0.15) is 11.8 Å². The molecule has 0 radical (unpaired) electrons. The van der Waals surface area contributed by atoms with Crippen LogP contribution in [0.1, 0.15) is 25.7 Å². The molecule has 2 rings (SSSR count). The van der Waals surface area contributed by atoms with Gasteiger partial charge in [0.05, 0.1) is 5.60 Å². The third kappa shape index (κ3) is 3.62. The van der Waals surface area contributed by atoms with Gasteiger partial charge in [0.2, 0.25) is 0 Å². The van der Waals surface area contributed by atoms with E-state index in [9.17, 15) is 5.11 Å². The van der Waals surface area contributed by atoms with Crippen LogP contribution in [-0.2, 0) is 0 Å². The summed E-state index contributed by atoms with van der Waals surface area (Å²) in [6.45, 7) is 3.17. The molecule has 0 spiro atoms. The van der Waals surface area contributed by atoms with Crippen molar-refractivity contribution in [2.75, 3.05) is 38.2 Å². The van der Waals surface area contributed by atoms with Crippen LogP contribution in [0.25, 0.3) is 0 Å². The van der Waals surface area contributed by atoms with Gasteiger partial charge < -0.3 is 15.3 Å². The summed E-state index contributed by atoms with van der Waals surface area (Å²) in [5, 5.41) is 13.9. The van der Waals surface area contributed by atoms with Crippen molar-refractivity contribution in [2.24, 2.45) is 0 Å². The monoisotopic (exact) mass is 244 g/mol. The first-order chi connectivity index (χ1) is 7.68. The van der Waals surface area contributed by atoms with Gasteiger partial charge in [-0.3, -0.25) is 0 Å². The Labute approximate surface area is 103 Å². The molecule has 94 valence electrons. The average Bonchev–Trinajstić information content (AvgIpc) is 2.29. The molecule has 0 atom stereocenters. The Morgan fingerprint density at radius 1 is 1.31 bits per heavy atom. The Kier molecular flexibility index (Phi) is 4.53. The number of nitrogens with zero attached hydrogens (tertiary/aromatic N) is 1. The molecule has 16 heavy (non-hydrogen) atoms. The number of likely N-dealkylation sites (tertiary alicyclic amines) is 1. The van der Waals surface area contributed by atoms with E-state index in [0.717, 1.165) is 30.9 Å². The van der Waals surface area contributed by atoms with Crippen molar-refractivity contribution >= 4 is 11.8 Å². The van der Waals surface area contributed by atoms with Crippen LogP contribution in [0, 0.1) is 0 Å². The minimum Gasteiger partial charge on any atom is -0.389 e. The summed E-state index contributed by atoms with van der Waals surface area (Å²) in [7, 11) is 2.18. The smallest absolute Gasteiger partial charge is 0.0787 e. The van der Waals surface area contributed by atoms with Gasteiger partial charge in [0, 0.05) is 12.6 Å². The highest BCUT2D eigenvalue weighted by Gasteiger charge is 2.30. The van der Waals surface area contributed by atoms with Gasteiger partial charge in [0.1, 0.15) is 0 Å². The number of hydrogen-bond donors (Lipinski definition) is 2. The molecule has 3 nitrogen and oxygen atoms in total. The fourth-order valence-electron chi connectivity index (χ4n) is 2.48. The van der Waals surface area contributed by atoms with Crippen molar-refractivity contribution < 1.29 is 5.11 Å². The van der Waals surface area contributed by atoms with Gasteiger partial charge in [0.25, 0.3) is 0 Å². The van der Waals surface area contributed by atoms with Crippen LogP contribution in [0.3, 0.4) is 0 Å². The minimum absolute atomic E-state index is 0.422. The molecule has 2 fully saturated rings. The number of piperidine rings is 1. The second kappa shape index (κ2) is 5.71. The van der Waals surface area contributed by atoms with Gasteiger partial charge in [-0.15, -0.1) is 0 Å². The fourth-order valence-corrected chi connectivity index (χ4v) is 3.73. The van der Waals surface area contributed by atoms with Crippen molar-refractivity contribution in [1.29, 1.82) is 0 Å². The molecule has 2 N–H and O–H groups in total. The largest absolute Gasteiger partial charge is 0.389 e. The third-order valence-corrected chi connectivity index (χ3v) is 4.85. The fraction of sp³-hybridized carbons (Fsp3) is 1.00. The Morgan fingerprint density at radius 3 is 2.56 bits per heavy atom. The maximum absolute atomic E-state index is 10.4.